The van der Waals surface area contributed by atoms with Crippen LogP contribution in [-0.4, -0.2) is 16.8 Å². The highest BCUT2D eigenvalue weighted by atomic mass is 35.5. The van der Waals surface area contributed by atoms with Crippen LogP contribution in [0.15, 0.2) is 42.7 Å². The number of carbonyl (C=O) groups is 2. The van der Waals surface area contributed by atoms with E-state index < -0.39 is 34.7 Å². The Hall–Kier alpha value is -2.61. The number of alkyl halides is 3. The smallest absolute Gasteiger partial charge is 0.351 e. The largest absolute Gasteiger partial charge is 0.418 e. The highest BCUT2D eigenvalue weighted by molar-refractivity contribution is 6.30. The molecule has 27 heavy (non-hydrogen) atoms. The zero-order valence-corrected chi connectivity index (χ0v) is 14.7. The molecule has 3 rings (SSSR count). The predicted molar refractivity (Wildman–Crippen MR) is 92.8 cm³/mol. The molecule has 1 fully saturated rings. The first-order valence-corrected chi connectivity index (χ1v) is 8.45. The molecule has 142 valence electrons. The van der Waals surface area contributed by atoms with Gasteiger partial charge < -0.3 is 10.6 Å². The van der Waals surface area contributed by atoms with Gasteiger partial charge in [-0.05, 0) is 48.7 Å². The van der Waals surface area contributed by atoms with Gasteiger partial charge in [-0.3, -0.25) is 14.6 Å². The molecule has 0 radical (unpaired) electrons. The van der Waals surface area contributed by atoms with E-state index >= 15 is 0 Å². The fourth-order valence-electron chi connectivity index (χ4n) is 2.64. The lowest BCUT2D eigenvalue weighted by molar-refractivity contribution is -0.137. The maximum absolute atomic E-state index is 13.2. The van der Waals surface area contributed by atoms with Crippen LogP contribution in [0.3, 0.4) is 0 Å². The number of nitrogens with zero attached hydrogens (tertiary/aromatic N) is 1. The Bertz CT molecular complexity index is 868. The number of anilines is 1. The van der Waals surface area contributed by atoms with Crippen molar-refractivity contribution in [2.75, 3.05) is 5.32 Å². The predicted octanol–water partition coefficient (Wildman–Crippen LogP) is 3.79. The molecule has 1 aromatic heterocycles. The normalized spacial score (nSPS) is 15.1. The number of pyridine rings is 1. The van der Waals surface area contributed by atoms with Gasteiger partial charge in [0.25, 0.3) is 0 Å². The second-order valence-electron chi connectivity index (χ2n) is 6.26. The Morgan fingerprint density at radius 3 is 2.37 bits per heavy atom. The Balaban J connectivity index is 1.72. The van der Waals surface area contributed by atoms with Crippen molar-refractivity contribution in [3.05, 3.63) is 58.9 Å². The van der Waals surface area contributed by atoms with E-state index in [1.165, 1.54) is 6.07 Å². The maximum atomic E-state index is 13.2. The van der Waals surface area contributed by atoms with Gasteiger partial charge in [0.15, 0.2) is 0 Å². The second-order valence-corrected chi connectivity index (χ2v) is 6.70. The summed E-state index contributed by atoms with van der Waals surface area (Å²) >= 11 is 5.63. The van der Waals surface area contributed by atoms with Gasteiger partial charge in [-0.2, -0.15) is 13.2 Å². The first kappa shape index (κ1) is 19.2. The van der Waals surface area contributed by atoms with Gasteiger partial charge in [0.1, 0.15) is 5.41 Å². The Labute approximate surface area is 157 Å². The molecule has 1 aliphatic rings. The molecule has 1 saturated carbocycles. The molecule has 2 aromatic rings. The van der Waals surface area contributed by atoms with Crippen LogP contribution < -0.4 is 10.6 Å². The van der Waals surface area contributed by atoms with Crippen molar-refractivity contribution in [1.29, 1.82) is 0 Å². The van der Waals surface area contributed by atoms with Gasteiger partial charge in [-0.15, -0.1) is 0 Å². The molecule has 0 unspecified atom stereocenters. The molecule has 9 heteroatoms. The van der Waals surface area contributed by atoms with Crippen LogP contribution in [0.25, 0.3) is 0 Å². The van der Waals surface area contributed by atoms with E-state index in [2.05, 4.69) is 15.6 Å². The molecule has 2 N–H and O–H groups in total. The summed E-state index contributed by atoms with van der Waals surface area (Å²) in [5, 5.41) is 4.79. The quantitative estimate of drug-likeness (QED) is 0.754. The lowest BCUT2D eigenvalue weighted by Crippen LogP contribution is -2.40. The molecule has 1 heterocycles. The molecular formula is C18H15ClF3N3O2. The van der Waals surface area contributed by atoms with Crippen molar-refractivity contribution in [1.82, 2.24) is 10.3 Å². The average Bonchev–Trinajstić information content (AvgIpc) is 3.43. The van der Waals surface area contributed by atoms with E-state index in [0.29, 0.717) is 0 Å². The van der Waals surface area contributed by atoms with Gasteiger partial charge in [-0.1, -0.05) is 11.6 Å². The molecule has 2 amide bonds. The SMILES string of the molecule is O=C(NCc1ccncc1)C1(C(=O)Nc2ccc(Cl)cc2C(F)(F)F)CC1. The molecule has 0 atom stereocenters. The van der Waals surface area contributed by atoms with Crippen molar-refractivity contribution in [2.24, 2.45) is 5.41 Å². The number of aromatic nitrogens is 1. The summed E-state index contributed by atoms with van der Waals surface area (Å²) in [6.45, 7) is 0.200. The number of hydrogen-bond acceptors (Lipinski definition) is 3. The van der Waals surface area contributed by atoms with Gasteiger partial charge >= 0.3 is 6.18 Å². The topological polar surface area (TPSA) is 71.1 Å². The third kappa shape index (κ3) is 4.21. The van der Waals surface area contributed by atoms with Gasteiger partial charge in [-0.25, -0.2) is 0 Å². The van der Waals surface area contributed by atoms with Crippen molar-refractivity contribution in [3.63, 3.8) is 0 Å². The van der Waals surface area contributed by atoms with E-state index in [1.54, 1.807) is 24.5 Å². The molecular weight excluding hydrogens is 383 g/mol. The van der Waals surface area contributed by atoms with E-state index in [0.717, 1.165) is 17.7 Å². The van der Waals surface area contributed by atoms with Crippen LogP contribution in [-0.2, 0) is 22.3 Å². The summed E-state index contributed by atoms with van der Waals surface area (Å²) in [5.74, 6) is -1.28. The van der Waals surface area contributed by atoms with Crippen molar-refractivity contribution < 1.29 is 22.8 Å². The fraction of sp³-hybridized carbons (Fsp3) is 0.278. The van der Waals surface area contributed by atoms with E-state index in [1.807, 2.05) is 0 Å². The maximum Gasteiger partial charge on any atom is 0.418 e. The Morgan fingerprint density at radius 2 is 1.78 bits per heavy atom. The lowest BCUT2D eigenvalue weighted by atomic mass is 10.0. The first-order chi connectivity index (χ1) is 12.7. The van der Waals surface area contributed by atoms with Crippen LogP contribution in [0, 0.1) is 5.41 Å². The monoisotopic (exact) mass is 397 g/mol. The van der Waals surface area contributed by atoms with Crippen molar-refractivity contribution in [3.8, 4) is 0 Å². The summed E-state index contributed by atoms with van der Waals surface area (Å²) in [4.78, 5) is 28.8. The lowest BCUT2D eigenvalue weighted by Gasteiger charge is -2.18. The average molecular weight is 398 g/mol. The summed E-state index contributed by atoms with van der Waals surface area (Å²) in [5.41, 5.74) is -2.04. The van der Waals surface area contributed by atoms with Crippen LogP contribution in [0.4, 0.5) is 18.9 Å². The molecule has 1 aliphatic carbocycles. The van der Waals surface area contributed by atoms with Crippen LogP contribution in [0.5, 0.6) is 0 Å². The summed E-state index contributed by atoms with van der Waals surface area (Å²) in [6.07, 6.45) is -1.000. The van der Waals surface area contributed by atoms with Crippen molar-refractivity contribution in [2.45, 2.75) is 25.6 Å². The standard InChI is InChI=1S/C18H15ClF3N3O2/c19-12-1-2-14(13(9-12)18(20,21)22)25-16(27)17(5-6-17)15(26)24-10-11-3-7-23-8-4-11/h1-4,7-9H,5-6,10H2,(H,24,26)(H,25,27). The fourth-order valence-corrected chi connectivity index (χ4v) is 2.81. The molecule has 0 aliphatic heterocycles. The number of halogens is 4. The second kappa shape index (κ2) is 7.19. The van der Waals surface area contributed by atoms with Gasteiger partial charge in [0, 0.05) is 24.0 Å². The molecule has 0 bridgehead atoms. The zero-order chi connectivity index (χ0) is 19.7. The molecule has 1 aromatic carbocycles. The van der Waals surface area contributed by atoms with Crippen LogP contribution >= 0.6 is 11.6 Å². The number of carbonyl (C=O) groups excluding carboxylic acids is 2. The van der Waals surface area contributed by atoms with E-state index in [9.17, 15) is 22.8 Å². The summed E-state index contributed by atoms with van der Waals surface area (Å²) in [7, 11) is 0. The molecule has 0 spiro atoms. The minimum atomic E-state index is -4.69. The summed E-state index contributed by atoms with van der Waals surface area (Å²) < 4.78 is 39.5. The molecule has 5 nitrogen and oxygen atoms in total. The number of nitrogens with one attached hydrogen (secondary N) is 2. The number of amides is 2. The van der Waals surface area contributed by atoms with E-state index in [-0.39, 0.29) is 24.4 Å². The minimum absolute atomic E-state index is 0.100. The van der Waals surface area contributed by atoms with Gasteiger partial charge in [0.05, 0.1) is 11.3 Å². The van der Waals surface area contributed by atoms with Crippen molar-refractivity contribution >= 4 is 29.1 Å². The van der Waals surface area contributed by atoms with Crippen LogP contribution in [0.2, 0.25) is 5.02 Å². The summed E-state index contributed by atoms with van der Waals surface area (Å²) in [6, 6.07) is 6.48. The molecule has 0 saturated heterocycles. The van der Waals surface area contributed by atoms with E-state index in [4.69, 9.17) is 11.6 Å². The number of hydrogen-bond donors (Lipinski definition) is 2. The minimum Gasteiger partial charge on any atom is -0.351 e. The number of rotatable bonds is 5. The zero-order valence-electron chi connectivity index (χ0n) is 13.9. The Kier molecular flexibility index (Phi) is 5.10. The Morgan fingerprint density at radius 1 is 1.11 bits per heavy atom. The highest BCUT2D eigenvalue weighted by Crippen LogP contribution is 2.47. The third-order valence-electron chi connectivity index (χ3n) is 4.36. The number of benzene rings is 1. The van der Waals surface area contributed by atoms with Gasteiger partial charge in [0.2, 0.25) is 11.8 Å². The highest BCUT2D eigenvalue weighted by Gasteiger charge is 2.56. The third-order valence-corrected chi connectivity index (χ3v) is 4.59. The first-order valence-electron chi connectivity index (χ1n) is 8.08. The van der Waals surface area contributed by atoms with Crippen LogP contribution in [0.1, 0.15) is 24.0 Å².